The molecule has 9 heavy (non-hydrogen) atoms. The monoisotopic (exact) mass is 134 g/mol. The van der Waals surface area contributed by atoms with Crippen LogP contribution in [-0.4, -0.2) is 8.07 Å². The Bertz CT molecular complexity index is 165. The minimum atomic E-state index is -1.41. The molecule has 0 saturated carbocycles. The number of hydrogen-bond acceptors (Lipinski definition) is 0. The Kier molecular flexibility index (Phi) is 1.53. The molecule has 0 atom stereocenters. The van der Waals surface area contributed by atoms with Gasteiger partial charge in [-0.3, -0.25) is 0 Å². The van der Waals surface area contributed by atoms with Gasteiger partial charge in [-0.25, -0.2) is 0 Å². The van der Waals surface area contributed by atoms with Gasteiger partial charge in [-0.15, -0.1) is 13.2 Å². The van der Waals surface area contributed by atoms with E-state index < -0.39 is 8.07 Å². The fourth-order valence-electron chi connectivity index (χ4n) is 0.855. The first-order valence-corrected chi connectivity index (χ1v) is 5.28. The smallest absolute Gasteiger partial charge is 0.106 e. The average Bonchev–Trinajstić information content (AvgIpc) is 2.36. The quantitative estimate of drug-likeness (QED) is 0.507. The first-order chi connectivity index (χ1) is 4.33. The Morgan fingerprint density at radius 3 is 1.67 bits per heavy atom. The molecule has 1 aliphatic rings. The van der Waals surface area contributed by atoms with E-state index in [-0.39, 0.29) is 0 Å². The average molecular weight is 134 g/mol. The van der Waals surface area contributed by atoms with Gasteiger partial charge in [0.2, 0.25) is 0 Å². The van der Waals surface area contributed by atoms with E-state index >= 15 is 0 Å². The van der Waals surface area contributed by atoms with Crippen molar-refractivity contribution in [2.24, 2.45) is 0 Å². The maximum absolute atomic E-state index is 3.77. The normalized spacial score (nSPS) is 20.0. The van der Waals surface area contributed by atoms with Crippen molar-refractivity contribution in [1.29, 1.82) is 0 Å². The molecule has 0 aromatic heterocycles. The third-order valence-electron chi connectivity index (χ3n) is 1.59. The van der Waals surface area contributed by atoms with E-state index in [9.17, 15) is 0 Å². The molecule has 0 saturated heterocycles. The van der Waals surface area contributed by atoms with Gasteiger partial charge >= 0.3 is 0 Å². The van der Waals surface area contributed by atoms with E-state index in [0.717, 1.165) is 0 Å². The van der Waals surface area contributed by atoms with Crippen molar-refractivity contribution in [3.8, 4) is 0 Å². The van der Waals surface area contributed by atoms with Crippen molar-refractivity contribution in [2.45, 2.75) is 0 Å². The highest BCUT2D eigenvalue weighted by atomic mass is 28.3. The molecule has 0 radical (unpaired) electrons. The number of hydrogen-bond donors (Lipinski definition) is 0. The van der Waals surface area contributed by atoms with Gasteiger partial charge in [-0.05, 0) is 0 Å². The third-order valence-corrected chi connectivity index (χ3v) is 4.54. The van der Waals surface area contributed by atoms with Gasteiger partial charge in [-0.2, -0.15) is 0 Å². The van der Waals surface area contributed by atoms with Crippen molar-refractivity contribution in [3.63, 3.8) is 0 Å². The molecule has 1 rings (SSSR count). The van der Waals surface area contributed by atoms with E-state index in [1.54, 1.807) is 0 Å². The highest BCUT2D eigenvalue weighted by Crippen LogP contribution is 2.14. The van der Waals surface area contributed by atoms with E-state index in [1.807, 2.05) is 11.4 Å². The molecular formula is C8H10Si. The molecule has 1 heteroatoms. The molecule has 0 aromatic rings. The zero-order valence-electron chi connectivity index (χ0n) is 5.38. The molecule has 0 fully saturated rings. The van der Waals surface area contributed by atoms with Crippen LogP contribution in [0.4, 0.5) is 0 Å². The summed E-state index contributed by atoms with van der Waals surface area (Å²) in [6, 6.07) is 0. The van der Waals surface area contributed by atoms with Crippen molar-refractivity contribution in [3.05, 3.63) is 48.1 Å². The van der Waals surface area contributed by atoms with Crippen LogP contribution >= 0.6 is 0 Å². The molecule has 1 aliphatic heterocycles. The van der Waals surface area contributed by atoms with Gasteiger partial charge < -0.3 is 0 Å². The second kappa shape index (κ2) is 2.19. The Morgan fingerprint density at radius 2 is 1.44 bits per heavy atom. The molecule has 46 valence electrons. The van der Waals surface area contributed by atoms with E-state index in [4.69, 9.17) is 0 Å². The molecule has 0 N–H and O–H groups in total. The minimum absolute atomic E-state index is 1.41. The molecule has 0 unspecified atom stereocenters. The first kappa shape index (κ1) is 6.30. The molecule has 0 amide bonds. The second-order valence-corrected chi connectivity index (χ2v) is 5.61. The van der Waals surface area contributed by atoms with Crippen molar-refractivity contribution in [2.75, 3.05) is 0 Å². The van der Waals surface area contributed by atoms with Gasteiger partial charge in [0.25, 0.3) is 0 Å². The molecule has 1 heterocycles. The summed E-state index contributed by atoms with van der Waals surface area (Å²) < 4.78 is 0. The van der Waals surface area contributed by atoms with E-state index in [0.29, 0.717) is 0 Å². The fraction of sp³-hybridized carbons (Fsp3) is 0. The lowest BCUT2D eigenvalue weighted by atomic mass is 10.6. The summed E-state index contributed by atoms with van der Waals surface area (Å²) in [5, 5.41) is 0. The summed E-state index contributed by atoms with van der Waals surface area (Å²) in [6.07, 6.45) is 4.13. The third kappa shape index (κ3) is 0.957. The SMILES string of the molecule is C=C[Si]1(C=C)C=CC=C1. The standard InChI is InChI=1S/C8H10Si/c1-3-9(4-2)7-5-6-8-9/h3-8H,1-2H2. The van der Waals surface area contributed by atoms with E-state index in [1.165, 1.54) is 0 Å². The lowest BCUT2D eigenvalue weighted by Crippen LogP contribution is -2.21. The summed E-state index contributed by atoms with van der Waals surface area (Å²) >= 11 is 0. The summed E-state index contributed by atoms with van der Waals surface area (Å²) in [5.41, 5.74) is 8.43. The van der Waals surface area contributed by atoms with Crippen LogP contribution in [0, 0.1) is 0 Å². The summed E-state index contributed by atoms with van der Waals surface area (Å²) in [4.78, 5) is 0. The predicted octanol–water partition coefficient (Wildman–Crippen LogP) is 2.09. The Labute approximate surface area is 56.9 Å². The number of rotatable bonds is 2. The van der Waals surface area contributed by atoms with Crippen LogP contribution in [0.2, 0.25) is 0 Å². The van der Waals surface area contributed by atoms with Crippen LogP contribution in [0.15, 0.2) is 48.1 Å². The van der Waals surface area contributed by atoms with Crippen molar-refractivity contribution in [1.82, 2.24) is 0 Å². The minimum Gasteiger partial charge on any atom is -0.106 e. The highest BCUT2D eigenvalue weighted by molar-refractivity contribution is 6.97. The van der Waals surface area contributed by atoms with E-state index in [2.05, 4.69) is 36.7 Å². The summed E-state index contributed by atoms with van der Waals surface area (Å²) in [7, 11) is -1.41. The maximum atomic E-state index is 3.77. The van der Waals surface area contributed by atoms with Gasteiger partial charge in [0.15, 0.2) is 0 Å². The van der Waals surface area contributed by atoms with Crippen LogP contribution in [0.3, 0.4) is 0 Å². The lowest BCUT2D eigenvalue weighted by molar-refractivity contribution is 2.12. The molecular weight excluding hydrogens is 124 g/mol. The summed E-state index contributed by atoms with van der Waals surface area (Å²) in [5.74, 6) is 0. The largest absolute Gasteiger partial charge is 0.149 e. The van der Waals surface area contributed by atoms with Gasteiger partial charge in [0.05, 0.1) is 0 Å². The van der Waals surface area contributed by atoms with Crippen molar-refractivity contribution < 1.29 is 0 Å². The van der Waals surface area contributed by atoms with Gasteiger partial charge in [0.1, 0.15) is 8.07 Å². The molecule has 0 spiro atoms. The molecule has 0 bridgehead atoms. The molecule has 0 nitrogen and oxygen atoms in total. The number of allylic oxidation sites excluding steroid dienone is 2. The Morgan fingerprint density at radius 1 is 1.00 bits per heavy atom. The van der Waals surface area contributed by atoms with Gasteiger partial charge in [0, 0.05) is 0 Å². The van der Waals surface area contributed by atoms with Crippen LogP contribution in [-0.2, 0) is 0 Å². The van der Waals surface area contributed by atoms with Crippen LogP contribution in [0.25, 0.3) is 0 Å². The predicted molar refractivity (Wildman–Crippen MR) is 44.4 cm³/mol. The summed E-state index contributed by atoms with van der Waals surface area (Å²) in [6.45, 7) is 7.55. The zero-order valence-corrected chi connectivity index (χ0v) is 6.38. The molecule has 0 aliphatic carbocycles. The fourth-order valence-corrected chi connectivity index (χ4v) is 2.57. The van der Waals surface area contributed by atoms with Crippen LogP contribution in [0.1, 0.15) is 0 Å². The molecule has 0 aromatic carbocycles. The maximum Gasteiger partial charge on any atom is 0.149 e. The highest BCUT2D eigenvalue weighted by Gasteiger charge is 2.19. The van der Waals surface area contributed by atoms with Crippen LogP contribution in [0.5, 0.6) is 0 Å². The van der Waals surface area contributed by atoms with Crippen molar-refractivity contribution >= 4 is 8.07 Å². The Balaban J connectivity index is 2.94. The topological polar surface area (TPSA) is 0 Å². The van der Waals surface area contributed by atoms with Crippen LogP contribution < -0.4 is 0 Å². The lowest BCUT2D eigenvalue weighted by Gasteiger charge is -2.09. The Hall–Kier alpha value is -0.823. The van der Waals surface area contributed by atoms with Gasteiger partial charge in [-0.1, -0.05) is 34.9 Å². The first-order valence-electron chi connectivity index (χ1n) is 2.97. The zero-order chi connectivity index (χ0) is 6.74. The second-order valence-electron chi connectivity index (χ2n) is 2.13.